The molecule has 21 heavy (non-hydrogen) atoms. The quantitative estimate of drug-likeness (QED) is 0.717. The molecule has 0 aliphatic rings. The molecule has 0 saturated carbocycles. The topological polar surface area (TPSA) is 29.9 Å². The molecule has 0 unspecified atom stereocenters. The number of para-hydroxylation sites is 1. The van der Waals surface area contributed by atoms with E-state index in [1.165, 1.54) is 6.07 Å². The van der Waals surface area contributed by atoms with Crippen molar-refractivity contribution in [2.45, 2.75) is 6.54 Å². The molecular weight excluding hydrogens is 311 g/mol. The molecule has 3 aromatic rings. The lowest BCUT2D eigenvalue weighted by Crippen LogP contribution is -2.00. The van der Waals surface area contributed by atoms with Crippen LogP contribution in [0, 0.1) is 10.6 Å². The van der Waals surface area contributed by atoms with Crippen molar-refractivity contribution in [1.29, 1.82) is 0 Å². The number of aromatic nitrogens is 2. The van der Waals surface area contributed by atoms with Gasteiger partial charge in [0.05, 0.1) is 24.2 Å². The van der Waals surface area contributed by atoms with Gasteiger partial charge in [0.2, 0.25) is 0 Å². The van der Waals surface area contributed by atoms with Gasteiger partial charge < -0.3 is 14.3 Å². The number of nitrogens with one attached hydrogen (secondary N) is 1. The van der Waals surface area contributed by atoms with Gasteiger partial charge in [0.25, 0.3) is 0 Å². The molecule has 108 valence electrons. The summed E-state index contributed by atoms with van der Waals surface area (Å²) in [6, 6.07) is 10.4. The van der Waals surface area contributed by atoms with Crippen LogP contribution in [0.15, 0.2) is 36.4 Å². The molecule has 0 aliphatic carbocycles. The van der Waals surface area contributed by atoms with Crippen molar-refractivity contribution in [2.24, 2.45) is 0 Å². The Bertz CT molecular complexity index is 872. The molecule has 1 heterocycles. The maximum Gasteiger partial charge on any atom is 0.178 e. The number of hydrogen-bond acceptors (Lipinski definition) is 2. The highest BCUT2D eigenvalue weighted by Crippen LogP contribution is 2.25. The lowest BCUT2D eigenvalue weighted by Gasteiger charge is -2.06. The Labute approximate surface area is 130 Å². The number of imidazole rings is 1. The van der Waals surface area contributed by atoms with Gasteiger partial charge in [-0.1, -0.05) is 23.7 Å². The van der Waals surface area contributed by atoms with Gasteiger partial charge in [0.1, 0.15) is 17.1 Å². The van der Waals surface area contributed by atoms with Crippen LogP contribution in [-0.2, 0) is 6.54 Å². The molecule has 1 N–H and O–H groups in total. The van der Waals surface area contributed by atoms with Crippen molar-refractivity contribution in [1.82, 2.24) is 9.55 Å². The van der Waals surface area contributed by atoms with Gasteiger partial charge >= 0.3 is 0 Å². The van der Waals surface area contributed by atoms with Crippen molar-refractivity contribution < 1.29 is 9.13 Å². The van der Waals surface area contributed by atoms with E-state index in [1.807, 2.05) is 22.8 Å². The predicted molar refractivity (Wildman–Crippen MR) is 84.2 cm³/mol. The van der Waals surface area contributed by atoms with E-state index in [9.17, 15) is 4.39 Å². The fourth-order valence-electron chi connectivity index (χ4n) is 2.30. The zero-order valence-electron chi connectivity index (χ0n) is 11.2. The zero-order valence-corrected chi connectivity index (χ0v) is 12.8. The SMILES string of the molecule is COc1cccc2c1[nH]c(=S)n2Cc1ccc(F)c(Cl)c1. The standard InChI is InChI=1S/C15H12ClFN2OS/c1-20-13-4-2-3-12-14(13)18-15(21)19(12)8-9-5-6-11(17)10(16)7-9/h2-7H,8H2,1H3,(H,18,21). The fourth-order valence-corrected chi connectivity index (χ4v) is 2.77. The van der Waals surface area contributed by atoms with E-state index in [0.717, 1.165) is 22.3 Å². The molecule has 0 aliphatic heterocycles. The van der Waals surface area contributed by atoms with Crippen LogP contribution < -0.4 is 4.74 Å². The maximum atomic E-state index is 13.2. The van der Waals surface area contributed by atoms with E-state index in [1.54, 1.807) is 19.2 Å². The van der Waals surface area contributed by atoms with Crippen molar-refractivity contribution >= 4 is 34.9 Å². The second-order valence-electron chi connectivity index (χ2n) is 4.62. The number of H-pyrrole nitrogens is 1. The largest absolute Gasteiger partial charge is 0.494 e. The van der Waals surface area contributed by atoms with Gasteiger partial charge in [-0.05, 0) is 42.0 Å². The molecule has 6 heteroatoms. The van der Waals surface area contributed by atoms with Gasteiger partial charge in [0.15, 0.2) is 4.77 Å². The summed E-state index contributed by atoms with van der Waals surface area (Å²) in [6.45, 7) is 0.506. The van der Waals surface area contributed by atoms with E-state index < -0.39 is 5.82 Å². The molecular formula is C15H12ClFN2OS. The fraction of sp³-hybridized carbons (Fsp3) is 0.133. The van der Waals surface area contributed by atoms with Crippen LogP contribution in [0.4, 0.5) is 4.39 Å². The first kappa shape index (κ1) is 14.1. The van der Waals surface area contributed by atoms with E-state index in [-0.39, 0.29) is 5.02 Å². The minimum Gasteiger partial charge on any atom is -0.494 e. The number of hydrogen-bond donors (Lipinski definition) is 1. The molecule has 0 bridgehead atoms. The van der Waals surface area contributed by atoms with Crippen molar-refractivity contribution in [3.63, 3.8) is 0 Å². The Hall–Kier alpha value is -1.85. The van der Waals surface area contributed by atoms with Gasteiger partial charge in [-0.2, -0.15) is 0 Å². The summed E-state index contributed by atoms with van der Waals surface area (Å²) in [7, 11) is 1.61. The second-order valence-corrected chi connectivity index (χ2v) is 5.41. The van der Waals surface area contributed by atoms with Crippen LogP contribution in [0.2, 0.25) is 5.02 Å². The number of fused-ring (bicyclic) bond motifs is 1. The van der Waals surface area contributed by atoms with Crippen LogP contribution in [-0.4, -0.2) is 16.7 Å². The molecule has 3 nitrogen and oxygen atoms in total. The zero-order chi connectivity index (χ0) is 15.0. The van der Waals surface area contributed by atoms with E-state index in [0.29, 0.717) is 11.3 Å². The highest BCUT2D eigenvalue weighted by atomic mass is 35.5. The molecule has 3 rings (SSSR count). The second kappa shape index (κ2) is 5.50. The molecule has 0 spiro atoms. The van der Waals surface area contributed by atoms with Crippen LogP contribution in [0.5, 0.6) is 5.75 Å². The number of benzene rings is 2. The third-order valence-electron chi connectivity index (χ3n) is 3.32. The molecule has 0 saturated heterocycles. The Morgan fingerprint density at radius 2 is 2.14 bits per heavy atom. The Balaban J connectivity index is 2.10. The predicted octanol–water partition coefficient (Wildman–Crippen LogP) is 4.55. The number of nitrogens with zero attached hydrogens (tertiary/aromatic N) is 1. The Morgan fingerprint density at radius 1 is 1.33 bits per heavy atom. The van der Waals surface area contributed by atoms with Gasteiger partial charge in [-0.15, -0.1) is 0 Å². The van der Waals surface area contributed by atoms with E-state index in [4.69, 9.17) is 28.6 Å². The minimum atomic E-state index is -0.426. The molecule has 0 atom stereocenters. The van der Waals surface area contributed by atoms with Gasteiger partial charge in [-0.3, -0.25) is 0 Å². The highest BCUT2D eigenvalue weighted by Gasteiger charge is 2.10. The lowest BCUT2D eigenvalue weighted by atomic mass is 10.2. The van der Waals surface area contributed by atoms with Crippen LogP contribution in [0.25, 0.3) is 11.0 Å². The first-order valence-corrected chi connectivity index (χ1v) is 7.08. The Morgan fingerprint density at radius 3 is 2.86 bits per heavy atom. The summed E-state index contributed by atoms with van der Waals surface area (Å²) in [4.78, 5) is 3.14. The average molecular weight is 323 g/mol. The van der Waals surface area contributed by atoms with Crippen molar-refractivity contribution in [3.8, 4) is 5.75 Å². The van der Waals surface area contributed by atoms with Crippen molar-refractivity contribution in [3.05, 3.63) is 57.6 Å². The molecule has 0 fully saturated rings. The number of rotatable bonds is 3. The first-order valence-electron chi connectivity index (χ1n) is 6.29. The first-order chi connectivity index (χ1) is 10.1. The summed E-state index contributed by atoms with van der Waals surface area (Å²) in [6.07, 6.45) is 0. The number of aromatic amines is 1. The van der Waals surface area contributed by atoms with Gasteiger partial charge in [0, 0.05) is 0 Å². The number of halogens is 2. The summed E-state index contributed by atoms with van der Waals surface area (Å²) in [5.41, 5.74) is 2.65. The summed E-state index contributed by atoms with van der Waals surface area (Å²) >= 11 is 11.2. The third-order valence-corrected chi connectivity index (χ3v) is 3.93. The normalized spacial score (nSPS) is 11.0. The molecule has 1 aromatic heterocycles. The smallest absolute Gasteiger partial charge is 0.178 e. The monoisotopic (exact) mass is 322 g/mol. The van der Waals surface area contributed by atoms with Crippen LogP contribution in [0.3, 0.4) is 0 Å². The minimum absolute atomic E-state index is 0.108. The summed E-state index contributed by atoms with van der Waals surface area (Å²) in [5.74, 6) is 0.305. The summed E-state index contributed by atoms with van der Waals surface area (Å²) < 4.78 is 21.1. The number of methoxy groups -OCH3 is 1. The van der Waals surface area contributed by atoms with Gasteiger partial charge in [-0.25, -0.2) is 4.39 Å². The maximum absolute atomic E-state index is 13.2. The van der Waals surface area contributed by atoms with E-state index in [2.05, 4.69) is 4.98 Å². The average Bonchev–Trinajstić information content (AvgIpc) is 2.79. The molecule has 0 radical (unpaired) electrons. The third kappa shape index (κ3) is 2.54. The van der Waals surface area contributed by atoms with Crippen LogP contribution in [0.1, 0.15) is 5.56 Å². The Kier molecular flexibility index (Phi) is 3.69. The summed E-state index contributed by atoms with van der Waals surface area (Å²) in [5, 5.41) is 0.108. The lowest BCUT2D eigenvalue weighted by molar-refractivity contribution is 0.419. The van der Waals surface area contributed by atoms with Crippen molar-refractivity contribution in [2.75, 3.05) is 7.11 Å². The number of ether oxygens (including phenoxy) is 1. The molecule has 2 aromatic carbocycles. The van der Waals surface area contributed by atoms with Crippen LogP contribution >= 0.6 is 23.8 Å². The molecule has 0 amide bonds. The van der Waals surface area contributed by atoms with E-state index >= 15 is 0 Å². The highest BCUT2D eigenvalue weighted by molar-refractivity contribution is 7.71.